The average Bonchev–Trinajstić information content (AvgIpc) is 2.40. The topological polar surface area (TPSA) is 63.4 Å². The monoisotopic (exact) mass is 324 g/mol. The van der Waals surface area contributed by atoms with Crippen LogP contribution in [0.5, 0.6) is 0 Å². The van der Waals surface area contributed by atoms with Crippen LogP contribution in [0.1, 0.15) is 11.1 Å². The number of benzene rings is 2. The molecule has 0 atom stereocenters. The van der Waals surface area contributed by atoms with Crippen molar-refractivity contribution in [1.82, 2.24) is 4.31 Å². The number of halogens is 1. The van der Waals surface area contributed by atoms with E-state index in [-0.39, 0.29) is 17.1 Å². The van der Waals surface area contributed by atoms with Gasteiger partial charge in [-0.3, -0.25) is 0 Å². The van der Waals surface area contributed by atoms with Gasteiger partial charge in [0, 0.05) is 18.6 Å². The highest BCUT2D eigenvalue weighted by molar-refractivity contribution is 7.89. The lowest BCUT2D eigenvalue weighted by Crippen LogP contribution is -2.28. The van der Waals surface area contributed by atoms with Gasteiger partial charge in [0.1, 0.15) is 4.90 Å². The largest absolute Gasteiger partial charge is 0.398 e. The zero-order chi connectivity index (χ0) is 15.6. The Labute approximate surface area is 130 Å². The fraction of sp³-hybridized carbons (Fsp3) is 0.200. The van der Waals surface area contributed by atoms with E-state index >= 15 is 0 Å². The van der Waals surface area contributed by atoms with Gasteiger partial charge in [0.25, 0.3) is 0 Å². The van der Waals surface area contributed by atoms with E-state index < -0.39 is 10.0 Å². The molecular weight excluding hydrogens is 308 g/mol. The Morgan fingerprint density at radius 2 is 1.81 bits per heavy atom. The average molecular weight is 325 g/mol. The van der Waals surface area contributed by atoms with Crippen LogP contribution in [0.2, 0.25) is 5.02 Å². The van der Waals surface area contributed by atoms with Crippen LogP contribution < -0.4 is 5.73 Å². The molecule has 0 unspecified atom stereocenters. The van der Waals surface area contributed by atoms with Crippen molar-refractivity contribution in [2.24, 2.45) is 0 Å². The van der Waals surface area contributed by atoms with Gasteiger partial charge in [-0.15, -0.1) is 0 Å². The Hall–Kier alpha value is -1.56. The number of nitrogens with zero attached hydrogens (tertiary/aromatic N) is 1. The maximum Gasteiger partial charge on any atom is 0.245 e. The van der Waals surface area contributed by atoms with E-state index in [0.29, 0.717) is 10.6 Å². The summed E-state index contributed by atoms with van der Waals surface area (Å²) in [5.41, 5.74) is 7.46. The molecule has 0 aliphatic heterocycles. The second-order valence-electron chi connectivity index (χ2n) is 4.85. The van der Waals surface area contributed by atoms with Crippen molar-refractivity contribution in [3.05, 3.63) is 58.6 Å². The Kier molecular flexibility index (Phi) is 4.56. The van der Waals surface area contributed by atoms with E-state index in [1.807, 2.05) is 6.07 Å². The molecule has 0 spiro atoms. The molecule has 2 aromatic rings. The fourth-order valence-corrected chi connectivity index (χ4v) is 3.79. The van der Waals surface area contributed by atoms with Gasteiger partial charge in [-0.2, -0.15) is 4.31 Å². The summed E-state index contributed by atoms with van der Waals surface area (Å²) in [5, 5.41) is 0.539. The van der Waals surface area contributed by atoms with E-state index in [0.717, 1.165) is 5.56 Å². The van der Waals surface area contributed by atoms with Gasteiger partial charge < -0.3 is 5.73 Å². The summed E-state index contributed by atoms with van der Waals surface area (Å²) in [7, 11) is -2.15. The molecule has 0 saturated heterocycles. The lowest BCUT2D eigenvalue weighted by atomic mass is 10.2. The lowest BCUT2D eigenvalue weighted by molar-refractivity contribution is 0.466. The molecule has 0 saturated carbocycles. The predicted molar refractivity (Wildman–Crippen MR) is 85.7 cm³/mol. The number of aryl methyl sites for hydroxylation is 1. The molecule has 112 valence electrons. The van der Waals surface area contributed by atoms with Crippen molar-refractivity contribution in [2.75, 3.05) is 12.8 Å². The van der Waals surface area contributed by atoms with Gasteiger partial charge >= 0.3 is 0 Å². The van der Waals surface area contributed by atoms with Crippen LogP contribution in [0.25, 0.3) is 0 Å². The van der Waals surface area contributed by atoms with Crippen LogP contribution in [-0.2, 0) is 16.6 Å². The first-order chi connectivity index (χ1) is 9.84. The molecule has 0 heterocycles. The van der Waals surface area contributed by atoms with Crippen molar-refractivity contribution >= 4 is 27.3 Å². The highest BCUT2D eigenvalue weighted by Crippen LogP contribution is 2.27. The SMILES string of the molecule is Cc1cccc(N)c1S(=O)(=O)N(C)Cc1ccccc1Cl. The minimum absolute atomic E-state index is 0.152. The first kappa shape index (κ1) is 15.8. The minimum Gasteiger partial charge on any atom is -0.398 e. The summed E-state index contributed by atoms with van der Waals surface area (Å²) in [6.45, 7) is 1.92. The van der Waals surface area contributed by atoms with Gasteiger partial charge in [-0.05, 0) is 30.2 Å². The van der Waals surface area contributed by atoms with Gasteiger partial charge in [-0.1, -0.05) is 41.9 Å². The molecule has 2 N–H and O–H groups in total. The molecule has 21 heavy (non-hydrogen) atoms. The molecular formula is C15H17ClN2O2S. The van der Waals surface area contributed by atoms with Gasteiger partial charge in [0.05, 0.1) is 5.69 Å². The van der Waals surface area contributed by atoms with Crippen LogP contribution >= 0.6 is 11.6 Å². The highest BCUT2D eigenvalue weighted by atomic mass is 35.5. The van der Waals surface area contributed by atoms with Crippen LogP contribution in [0.15, 0.2) is 47.4 Å². The first-order valence-corrected chi connectivity index (χ1v) is 8.20. The van der Waals surface area contributed by atoms with Gasteiger partial charge in [0.2, 0.25) is 10.0 Å². The summed E-state index contributed by atoms with van der Waals surface area (Å²) < 4.78 is 26.6. The minimum atomic E-state index is -3.67. The number of sulfonamides is 1. The Bertz CT molecular complexity index is 740. The number of nitrogens with two attached hydrogens (primary N) is 1. The number of hydrogen-bond donors (Lipinski definition) is 1. The molecule has 0 aliphatic rings. The molecule has 0 aliphatic carbocycles. The zero-order valence-electron chi connectivity index (χ0n) is 11.9. The first-order valence-electron chi connectivity index (χ1n) is 6.39. The van der Waals surface area contributed by atoms with Gasteiger partial charge in [0.15, 0.2) is 0 Å². The standard InChI is InChI=1S/C15H17ClN2O2S/c1-11-6-5-9-14(17)15(11)21(19,20)18(2)10-12-7-3-4-8-13(12)16/h3-9H,10,17H2,1-2H3. The highest BCUT2D eigenvalue weighted by Gasteiger charge is 2.25. The third-order valence-electron chi connectivity index (χ3n) is 3.26. The molecule has 0 radical (unpaired) electrons. The zero-order valence-corrected chi connectivity index (χ0v) is 13.4. The quantitative estimate of drug-likeness (QED) is 0.879. The van der Waals surface area contributed by atoms with E-state index in [2.05, 4.69) is 0 Å². The Balaban J connectivity index is 2.38. The van der Waals surface area contributed by atoms with Crippen molar-refractivity contribution in [3.8, 4) is 0 Å². The maximum absolute atomic E-state index is 12.7. The molecule has 6 heteroatoms. The third-order valence-corrected chi connectivity index (χ3v) is 5.65. The molecule has 0 aromatic heterocycles. The summed E-state index contributed by atoms with van der Waals surface area (Å²) in [5.74, 6) is 0. The third kappa shape index (κ3) is 3.20. The number of nitrogen functional groups attached to an aromatic ring is 1. The van der Waals surface area contributed by atoms with Crippen molar-refractivity contribution < 1.29 is 8.42 Å². The maximum atomic E-state index is 12.7. The van der Waals surface area contributed by atoms with Crippen LogP contribution in [0.4, 0.5) is 5.69 Å². The number of anilines is 1. The molecule has 4 nitrogen and oxygen atoms in total. The normalized spacial score (nSPS) is 11.8. The second-order valence-corrected chi connectivity index (χ2v) is 7.23. The summed E-state index contributed by atoms with van der Waals surface area (Å²) in [6, 6.07) is 12.2. The van der Waals surface area contributed by atoms with E-state index in [9.17, 15) is 8.42 Å². The summed E-state index contributed by atoms with van der Waals surface area (Å²) in [4.78, 5) is 0.152. The Morgan fingerprint density at radius 1 is 1.14 bits per heavy atom. The molecule has 0 amide bonds. The molecule has 2 rings (SSSR count). The predicted octanol–water partition coefficient (Wildman–Crippen LogP) is 3.05. The summed E-state index contributed by atoms with van der Waals surface area (Å²) in [6.07, 6.45) is 0. The van der Waals surface area contributed by atoms with E-state index in [1.54, 1.807) is 43.3 Å². The summed E-state index contributed by atoms with van der Waals surface area (Å²) >= 11 is 6.08. The molecule has 2 aromatic carbocycles. The molecule has 0 bridgehead atoms. The van der Waals surface area contributed by atoms with Crippen LogP contribution in [0, 0.1) is 6.92 Å². The number of rotatable bonds is 4. The smallest absolute Gasteiger partial charge is 0.245 e. The van der Waals surface area contributed by atoms with Crippen molar-refractivity contribution in [3.63, 3.8) is 0 Å². The van der Waals surface area contributed by atoms with Crippen LogP contribution in [-0.4, -0.2) is 19.8 Å². The van der Waals surface area contributed by atoms with Crippen molar-refractivity contribution in [2.45, 2.75) is 18.4 Å². The van der Waals surface area contributed by atoms with Crippen LogP contribution in [0.3, 0.4) is 0 Å². The van der Waals surface area contributed by atoms with E-state index in [4.69, 9.17) is 17.3 Å². The fourth-order valence-electron chi connectivity index (χ4n) is 2.13. The number of hydrogen-bond acceptors (Lipinski definition) is 3. The van der Waals surface area contributed by atoms with E-state index in [1.165, 1.54) is 11.4 Å². The van der Waals surface area contributed by atoms with Gasteiger partial charge in [-0.25, -0.2) is 8.42 Å². The second kappa shape index (κ2) is 6.05. The molecule has 0 fully saturated rings. The lowest BCUT2D eigenvalue weighted by Gasteiger charge is -2.20. The Morgan fingerprint density at radius 3 is 2.43 bits per heavy atom. The van der Waals surface area contributed by atoms with Crippen molar-refractivity contribution in [1.29, 1.82) is 0 Å².